The van der Waals surface area contributed by atoms with E-state index in [0.717, 1.165) is 16.9 Å². The van der Waals surface area contributed by atoms with Gasteiger partial charge in [0.15, 0.2) is 0 Å². The predicted octanol–water partition coefficient (Wildman–Crippen LogP) is 3.65. The van der Waals surface area contributed by atoms with Crippen LogP contribution < -0.4 is 15.6 Å². The molecule has 3 aromatic carbocycles. The van der Waals surface area contributed by atoms with Gasteiger partial charge in [0.1, 0.15) is 23.6 Å². The van der Waals surface area contributed by atoms with Gasteiger partial charge in [0.2, 0.25) is 0 Å². The van der Waals surface area contributed by atoms with Crippen molar-refractivity contribution in [2.45, 2.75) is 0 Å². The molecule has 5 aromatic rings. The molecule has 2 aromatic heterocycles. The van der Waals surface area contributed by atoms with Gasteiger partial charge in [0.25, 0.3) is 11.5 Å². The molecule has 0 saturated carbocycles. The van der Waals surface area contributed by atoms with Crippen molar-refractivity contribution in [1.82, 2.24) is 19.9 Å². The van der Waals surface area contributed by atoms with E-state index in [2.05, 4.69) is 15.4 Å². The molecule has 0 aliphatic heterocycles. The van der Waals surface area contributed by atoms with Crippen molar-refractivity contribution in [3.63, 3.8) is 0 Å². The van der Waals surface area contributed by atoms with Crippen LogP contribution in [0.25, 0.3) is 27.7 Å². The number of hydrogen-bond donors (Lipinski definition) is 2. The van der Waals surface area contributed by atoms with Crippen molar-refractivity contribution < 1.29 is 9.53 Å². The Kier molecular flexibility index (Phi) is 5.13. The minimum atomic E-state index is -0.328. The highest BCUT2D eigenvalue weighted by molar-refractivity contribution is 6.00. The molecule has 0 fully saturated rings. The van der Waals surface area contributed by atoms with E-state index in [9.17, 15) is 9.59 Å². The van der Waals surface area contributed by atoms with Crippen LogP contribution in [0, 0.1) is 0 Å². The molecule has 0 aliphatic carbocycles. The molecule has 0 saturated heterocycles. The lowest BCUT2D eigenvalue weighted by atomic mass is 10.1. The highest BCUT2D eigenvalue weighted by atomic mass is 16.5. The van der Waals surface area contributed by atoms with Crippen LogP contribution in [0.5, 0.6) is 5.75 Å². The third-order valence-electron chi connectivity index (χ3n) is 5.24. The summed E-state index contributed by atoms with van der Waals surface area (Å²) < 4.78 is 7.50. The average Bonchev–Trinajstić information content (AvgIpc) is 3.27. The van der Waals surface area contributed by atoms with Gasteiger partial charge in [-0.25, -0.2) is 4.52 Å². The maximum absolute atomic E-state index is 12.7. The zero-order valence-corrected chi connectivity index (χ0v) is 17.1. The number of nitrogens with zero attached hydrogens (tertiary/aromatic N) is 2. The summed E-state index contributed by atoms with van der Waals surface area (Å²) in [6, 6.07) is 24.9. The molecule has 1 amide bonds. The number of fused-ring (bicyclic) bond motifs is 3. The summed E-state index contributed by atoms with van der Waals surface area (Å²) >= 11 is 0. The molecule has 0 aliphatic rings. The zero-order valence-electron chi connectivity index (χ0n) is 17.1. The number of carbonyl (C=O) groups is 1. The Balaban J connectivity index is 1.29. The van der Waals surface area contributed by atoms with Crippen LogP contribution >= 0.6 is 0 Å². The van der Waals surface area contributed by atoms with Gasteiger partial charge in [-0.1, -0.05) is 60.7 Å². The van der Waals surface area contributed by atoms with Gasteiger partial charge >= 0.3 is 0 Å². The molecular formula is C25H20N4O3. The maximum Gasteiger partial charge on any atom is 0.259 e. The monoisotopic (exact) mass is 424 g/mol. The summed E-state index contributed by atoms with van der Waals surface area (Å²) in [4.78, 5) is 27.9. The lowest BCUT2D eigenvalue weighted by molar-refractivity contribution is 0.0948. The molecule has 5 rings (SSSR count). The van der Waals surface area contributed by atoms with E-state index in [1.807, 2.05) is 60.7 Å². The van der Waals surface area contributed by atoms with Gasteiger partial charge in [-0.2, -0.15) is 5.10 Å². The number of nitrogens with one attached hydrogen (secondary N) is 2. The number of carbonyl (C=O) groups excluding carboxylic acids is 1. The molecule has 0 unspecified atom stereocenters. The van der Waals surface area contributed by atoms with E-state index >= 15 is 0 Å². The molecule has 0 spiro atoms. The first-order valence-corrected chi connectivity index (χ1v) is 10.3. The smallest absolute Gasteiger partial charge is 0.259 e. The summed E-state index contributed by atoms with van der Waals surface area (Å²) in [5, 5.41) is 7.63. The Labute approximate surface area is 183 Å². The lowest BCUT2D eigenvalue weighted by Gasteiger charge is -2.12. The largest absolute Gasteiger partial charge is 0.491 e. The van der Waals surface area contributed by atoms with Crippen LogP contribution in [-0.4, -0.2) is 33.7 Å². The minimum Gasteiger partial charge on any atom is -0.491 e. The highest BCUT2D eigenvalue weighted by Gasteiger charge is 2.16. The van der Waals surface area contributed by atoms with Crippen molar-refractivity contribution in [3.8, 4) is 16.9 Å². The second-order valence-corrected chi connectivity index (χ2v) is 7.26. The SMILES string of the molecule is O=C(NCCOc1ccccc1-c1ccccc1)c1cnn2c1[nH]c(=O)c1ccccc12. The third kappa shape index (κ3) is 3.60. The summed E-state index contributed by atoms with van der Waals surface area (Å²) in [5.41, 5.74) is 3.11. The Hall–Kier alpha value is -4.39. The van der Waals surface area contributed by atoms with Crippen LogP contribution in [0.15, 0.2) is 89.9 Å². The first-order chi connectivity index (χ1) is 15.7. The number of hydrogen-bond acceptors (Lipinski definition) is 4. The van der Waals surface area contributed by atoms with Gasteiger partial charge in [0, 0.05) is 5.56 Å². The molecule has 32 heavy (non-hydrogen) atoms. The Bertz CT molecular complexity index is 1470. The molecule has 0 radical (unpaired) electrons. The normalized spacial score (nSPS) is 11.0. The van der Waals surface area contributed by atoms with Crippen molar-refractivity contribution in [3.05, 3.63) is 101 Å². The maximum atomic E-state index is 12.7. The summed E-state index contributed by atoms with van der Waals surface area (Å²) in [7, 11) is 0. The first-order valence-electron chi connectivity index (χ1n) is 10.3. The van der Waals surface area contributed by atoms with Crippen molar-refractivity contribution in [2.24, 2.45) is 0 Å². The van der Waals surface area contributed by atoms with Gasteiger partial charge in [-0.3, -0.25) is 9.59 Å². The average molecular weight is 424 g/mol. The van der Waals surface area contributed by atoms with Crippen LogP contribution in [0.1, 0.15) is 10.4 Å². The minimum absolute atomic E-state index is 0.261. The highest BCUT2D eigenvalue weighted by Crippen LogP contribution is 2.29. The van der Waals surface area contributed by atoms with E-state index in [0.29, 0.717) is 35.3 Å². The number of aromatic amines is 1. The molecule has 7 heteroatoms. The Morgan fingerprint density at radius 3 is 2.59 bits per heavy atom. The first kappa shape index (κ1) is 19.6. The number of aromatic nitrogens is 3. The molecule has 0 atom stereocenters. The summed E-state index contributed by atoms with van der Waals surface area (Å²) in [6.07, 6.45) is 1.46. The van der Waals surface area contributed by atoms with E-state index in [4.69, 9.17) is 4.74 Å². The molecule has 0 bridgehead atoms. The number of para-hydroxylation sites is 2. The number of rotatable bonds is 6. The zero-order chi connectivity index (χ0) is 21.9. The Morgan fingerprint density at radius 2 is 1.72 bits per heavy atom. The second kappa shape index (κ2) is 8.39. The molecular weight excluding hydrogens is 404 g/mol. The Morgan fingerprint density at radius 1 is 0.969 bits per heavy atom. The standard InChI is InChI=1S/C25H20N4O3/c30-24(20-16-27-29-21-12-6-4-11-19(21)25(31)28-23(20)29)26-14-15-32-22-13-7-5-10-18(22)17-8-2-1-3-9-17/h1-13,16H,14-15H2,(H,26,30)(H,28,31). The summed E-state index contributed by atoms with van der Waals surface area (Å²) in [5.74, 6) is 0.422. The van der Waals surface area contributed by atoms with E-state index in [1.54, 1.807) is 22.7 Å². The van der Waals surface area contributed by atoms with E-state index in [1.165, 1.54) is 6.20 Å². The number of ether oxygens (including phenoxy) is 1. The van der Waals surface area contributed by atoms with Crippen LogP contribution in [-0.2, 0) is 0 Å². The summed E-state index contributed by atoms with van der Waals surface area (Å²) in [6.45, 7) is 0.603. The van der Waals surface area contributed by atoms with Crippen molar-refractivity contribution in [2.75, 3.05) is 13.2 Å². The van der Waals surface area contributed by atoms with Crippen molar-refractivity contribution in [1.29, 1.82) is 0 Å². The second-order valence-electron chi connectivity index (χ2n) is 7.26. The van der Waals surface area contributed by atoms with Gasteiger partial charge < -0.3 is 15.0 Å². The van der Waals surface area contributed by atoms with E-state index < -0.39 is 0 Å². The molecule has 2 heterocycles. The van der Waals surface area contributed by atoms with Gasteiger partial charge in [-0.15, -0.1) is 0 Å². The fourth-order valence-electron chi connectivity index (χ4n) is 3.71. The fourth-order valence-corrected chi connectivity index (χ4v) is 3.71. The van der Waals surface area contributed by atoms with Crippen LogP contribution in [0.3, 0.4) is 0 Å². The fraction of sp³-hybridized carbons (Fsp3) is 0.0800. The topological polar surface area (TPSA) is 88.5 Å². The van der Waals surface area contributed by atoms with Crippen LogP contribution in [0.2, 0.25) is 0 Å². The van der Waals surface area contributed by atoms with Crippen molar-refractivity contribution >= 4 is 22.5 Å². The molecule has 7 nitrogen and oxygen atoms in total. The quantitative estimate of drug-likeness (QED) is 0.407. The van der Waals surface area contributed by atoms with E-state index in [-0.39, 0.29) is 11.5 Å². The molecule has 2 N–H and O–H groups in total. The number of H-pyrrole nitrogens is 1. The van der Waals surface area contributed by atoms with Crippen LogP contribution in [0.4, 0.5) is 0 Å². The van der Waals surface area contributed by atoms with Gasteiger partial charge in [-0.05, 0) is 23.8 Å². The number of benzene rings is 3. The number of amides is 1. The third-order valence-corrected chi connectivity index (χ3v) is 5.24. The molecule has 158 valence electrons. The predicted molar refractivity (Wildman–Crippen MR) is 123 cm³/mol. The lowest BCUT2D eigenvalue weighted by Crippen LogP contribution is -2.28. The van der Waals surface area contributed by atoms with Gasteiger partial charge in [0.05, 0.1) is 23.6 Å².